The van der Waals surface area contributed by atoms with Crippen molar-refractivity contribution in [2.24, 2.45) is 0 Å². The summed E-state index contributed by atoms with van der Waals surface area (Å²) in [7, 11) is -2.14. The number of methoxy groups -OCH3 is 1. The summed E-state index contributed by atoms with van der Waals surface area (Å²) in [4.78, 5) is 12.7. The molecule has 180 valence electrons. The lowest BCUT2D eigenvalue weighted by atomic mass is 9.89. The van der Waals surface area contributed by atoms with Crippen LogP contribution < -0.4 is 10.1 Å². The van der Waals surface area contributed by atoms with E-state index in [0.29, 0.717) is 41.6 Å². The third-order valence-corrected chi connectivity index (χ3v) is 8.81. The first-order chi connectivity index (χ1) is 16.0. The number of piperidine rings is 1. The van der Waals surface area contributed by atoms with Crippen LogP contribution in [0.2, 0.25) is 0 Å². The number of benzene rings is 1. The summed E-state index contributed by atoms with van der Waals surface area (Å²) in [6.45, 7) is 1.03. The van der Waals surface area contributed by atoms with Gasteiger partial charge in [-0.15, -0.1) is 10.2 Å². The van der Waals surface area contributed by atoms with Crippen LogP contribution in [0, 0.1) is 0 Å². The van der Waals surface area contributed by atoms with Gasteiger partial charge in [-0.3, -0.25) is 4.79 Å². The third kappa shape index (κ3) is 5.88. The number of rotatable bonds is 8. The van der Waals surface area contributed by atoms with Gasteiger partial charge >= 0.3 is 0 Å². The van der Waals surface area contributed by atoms with Gasteiger partial charge in [-0.2, -0.15) is 4.31 Å². The number of amides is 1. The van der Waals surface area contributed by atoms with Crippen LogP contribution in [0.25, 0.3) is 0 Å². The smallest absolute Gasteiger partial charge is 0.277 e. The van der Waals surface area contributed by atoms with E-state index in [1.165, 1.54) is 42.8 Å². The number of carbonyl (C=O) groups is 1. The Morgan fingerprint density at radius 1 is 1.15 bits per heavy atom. The van der Waals surface area contributed by atoms with Gasteiger partial charge in [0.25, 0.3) is 5.22 Å². The zero-order valence-electron chi connectivity index (χ0n) is 18.8. The average molecular weight is 495 g/mol. The van der Waals surface area contributed by atoms with Crippen molar-refractivity contribution in [1.82, 2.24) is 14.5 Å². The van der Waals surface area contributed by atoms with E-state index in [-0.39, 0.29) is 16.6 Å². The van der Waals surface area contributed by atoms with E-state index in [4.69, 9.17) is 9.15 Å². The highest BCUT2D eigenvalue weighted by molar-refractivity contribution is 7.99. The predicted molar refractivity (Wildman–Crippen MR) is 125 cm³/mol. The minimum Gasteiger partial charge on any atom is -0.495 e. The van der Waals surface area contributed by atoms with Gasteiger partial charge in [0.1, 0.15) is 5.75 Å². The van der Waals surface area contributed by atoms with Crippen LogP contribution in [0.1, 0.15) is 63.2 Å². The summed E-state index contributed by atoms with van der Waals surface area (Å²) in [5.74, 6) is 1.09. The van der Waals surface area contributed by atoms with Crippen molar-refractivity contribution in [3.63, 3.8) is 0 Å². The lowest BCUT2D eigenvalue weighted by Crippen LogP contribution is -2.35. The molecule has 1 aromatic heterocycles. The second-order valence-electron chi connectivity index (χ2n) is 8.40. The molecule has 1 aromatic carbocycles. The van der Waals surface area contributed by atoms with E-state index >= 15 is 0 Å². The van der Waals surface area contributed by atoms with Gasteiger partial charge in [-0.1, -0.05) is 37.4 Å². The molecule has 0 spiro atoms. The molecule has 9 nitrogen and oxygen atoms in total. The fraction of sp³-hybridized carbons (Fsp3) is 0.591. The summed E-state index contributed by atoms with van der Waals surface area (Å²) >= 11 is 1.16. The van der Waals surface area contributed by atoms with E-state index in [1.807, 2.05) is 0 Å². The van der Waals surface area contributed by atoms with E-state index in [0.717, 1.165) is 43.9 Å². The van der Waals surface area contributed by atoms with E-state index in [2.05, 4.69) is 15.5 Å². The number of nitrogens with one attached hydrogen (secondary N) is 1. The van der Waals surface area contributed by atoms with Crippen molar-refractivity contribution in [3.8, 4) is 5.75 Å². The highest BCUT2D eigenvalue weighted by atomic mass is 32.2. The molecule has 1 saturated heterocycles. The second-order valence-corrected chi connectivity index (χ2v) is 11.3. The highest BCUT2D eigenvalue weighted by Crippen LogP contribution is 2.33. The van der Waals surface area contributed by atoms with Crippen LogP contribution in [-0.4, -0.2) is 54.8 Å². The molecule has 0 unspecified atom stereocenters. The largest absolute Gasteiger partial charge is 0.495 e. The Morgan fingerprint density at radius 2 is 1.88 bits per heavy atom. The Morgan fingerprint density at radius 3 is 2.61 bits per heavy atom. The molecule has 2 aromatic rings. The van der Waals surface area contributed by atoms with Crippen LogP contribution in [-0.2, 0) is 14.8 Å². The molecule has 0 atom stereocenters. The molecule has 1 amide bonds. The van der Waals surface area contributed by atoms with Crippen molar-refractivity contribution in [2.75, 3.05) is 31.3 Å². The molecule has 11 heteroatoms. The first-order valence-electron chi connectivity index (χ1n) is 11.4. The summed E-state index contributed by atoms with van der Waals surface area (Å²) in [6, 6.07) is 4.53. The molecule has 1 aliphatic carbocycles. The van der Waals surface area contributed by atoms with Crippen molar-refractivity contribution in [2.45, 2.75) is 67.4 Å². The number of thioether (sulfide) groups is 1. The molecule has 2 aliphatic rings. The Balaban J connectivity index is 1.40. The lowest BCUT2D eigenvalue weighted by Gasteiger charge is -2.26. The molecular weight excluding hydrogens is 464 g/mol. The quantitative estimate of drug-likeness (QED) is 0.547. The predicted octanol–water partition coefficient (Wildman–Crippen LogP) is 4.03. The summed E-state index contributed by atoms with van der Waals surface area (Å²) in [5, 5.41) is 11.3. The highest BCUT2D eigenvalue weighted by Gasteiger charge is 2.27. The van der Waals surface area contributed by atoms with Crippen LogP contribution in [0.5, 0.6) is 5.75 Å². The standard InChI is InChI=1S/C22H30N4O5S2/c1-30-19-11-10-17(33(28,29)26-12-6-3-7-13-26)14-18(19)23-20(27)15-32-22-25-24-21(31-22)16-8-4-2-5-9-16/h10-11,14,16H,2-9,12-13,15H2,1H3,(H,23,27). The van der Waals surface area contributed by atoms with E-state index < -0.39 is 10.0 Å². The first-order valence-corrected chi connectivity index (χ1v) is 13.8. The number of carbonyl (C=O) groups excluding carboxylic acids is 1. The van der Waals surface area contributed by atoms with Crippen LogP contribution in [0.15, 0.2) is 32.7 Å². The minimum atomic E-state index is -3.62. The molecule has 1 N–H and O–H groups in total. The van der Waals surface area contributed by atoms with Crippen molar-refractivity contribution >= 4 is 33.4 Å². The minimum absolute atomic E-state index is 0.0541. The van der Waals surface area contributed by atoms with Gasteiger partial charge in [0.05, 0.1) is 23.4 Å². The number of aromatic nitrogens is 2. The van der Waals surface area contributed by atoms with Crippen LogP contribution in [0.4, 0.5) is 5.69 Å². The molecular formula is C22H30N4O5S2. The number of hydrogen-bond acceptors (Lipinski definition) is 8. The number of ether oxygens (including phenoxy) is 1. The number of nitrogens with zero attached hydrogens (tertiary/aromatic N) is 3. The fourth-order valence-corrected chi connectivity index (χ4v) is 6.42. The van der Waals surface area contributed by atoms with Gasteiger partial charge in [0, 0.05) is 19.0 Å². The maximum atomic E-state index is 13.0. The molecule has 0 bridgehead atoms. The summed E-state index contributed by atoms with van der Waals surface area (Å²) < 4.78 is 38.6. The molecule has 4 rings (SSSR count). The molecule has 2 heterocycles. The fourth-order valence-electron chi connectivity index (χ4n) is 4.31. The lowest BCUT2D eigenvalue weighted by molar-refractivity contribution is -0.113. The van der Waals surface area contributed by atoms with E-state index in [9.17, 15) is 13.2 Å². The van der Waals surface area contributed by atoms with Crippen molar-refractivity contribution < 1.29 is 22.4 Å². The Kier molecular flexibility index (Phi) is 7.92. The zero-order chi connectivity index (χ0) is 23.3. The summed E-state index contributed by atoms with van der Waals surface area (Å²) in [5.41, 5.74) is 0.314. The number of sulfonamides is 1. The van der Waals surface area contributed by atoms with Gasteiger partial charge in [-0.05, 0) is 43.9 Å². The van der Waals surface area contributed by atoms with Crippen LogP contribution in [0.3, 0.4) is 0 Å². The number of anilines is 1. The monoisotopic (exact) mass is 494 g/mol. The summed E-state index contributed by atoms with van der Waals surface area (Å²) in [6.07, 6.45) is 8.46. The third-order valence-electron chi connectivity index (χ3n) is 6.10. The van der Waals surface area contributed by atoms with Gasteiger partial charge < -0.3 is 14.5 Å². The SMILES string of the molecule is COc1ccc(S(=O)(=O)N2CCCCC2)cc1NC(=O)CSc1nnc(C2CCCCC2)o1. The molecule has 0 radical (unpaired) electrons. The van der Waals surface area contributed by atoms with Gasteiger partial charge in [-0.25, -0.2) is 8.42 Å². The Hall–Kier alpha value is -2.11. The van der Waals surface area contributed by atoms with Crippen molar-refractivity contribution in [3.05, 3.63) is 24.1 Å². The van der Waals surface area contributed by atoms with Crippen molar-refractivity contribution in [1.29, 1.82) is 0 Å². The number of hydrogen-bond donors (Lipinski definition) is 1. The second kappa shape index (κ2) is 10.9. The average Bonchev–Trinajstić information content (AvgIpc) is 3.33. The molecule has 1 saturated carbocycles. The Labute approximate surface area is 198 Å². The van der Waals surface area contributed by atoms with E-state index in [1.54, 1.807) is 6.07 Å². The topological polar surface area (TPSA) is 115 Å². The normalized spacial score (nSPS) is 18.2. The zero-order valence-corrected chi connectivity index (χ0v) is 20.4. The molecule has 33 heavy (non-hydrogen) atoms. The molecule has 2 fully saturated rings. The maximum absolute atomic E-state index is 13.0. The van der Waals surface area contributed by atoms with Crippen LogP contribution >= 0.6 is 11.8 Å². The Bertz CT molecular complexity index is 1060. The van der Waals surface area contributed by atoms with Gasteiger partial charge in [0.15, 0.2) is 0 Å². The first kappa shape index (κ1) is 24.0. The maximum Gasteiger partial charge on any atom is 0.277 e. The molecule has 1 aliphatic heterocycles. The van der Waals surface area contributed by atoms with Gasteiger partial charge in [0.2, 0.25) is 21.8 Å².